The molecule has 15 heavy (non-hydrogen) atoms. The lowest BCUT2D eigenvalue weighted by Crippen LogP contribution is -2.41. The Labute approximate surface area is 94.5 Å². The van der Waals surface area contributed by atoms with Crippen LogP contribution in [0.15, 0.2) is 5.51 Å². The van der Waals surface area contributed by atoms with Crippen LogP contribution in [0.2, 0.25) is 0 Å². The zero-order valence-electron chi connectivity index (χ0n) is 9.29. The van der Waals surface area contributed by atoms with Crippen molar-refractivity contribution in [2.45, 2.75) is 38.3 Å². The maximum atomic E-state index is 4.42. The van der Waals surface area contributed by atoms with E-state index >= 15 is 0 Å². The Kier molecular flexibility index (Phi) is 2.04. The van der Waals surface area contributed by atoms with E-state index in [4.69, 9.17) is 0 Å². The minimum Gasteiger partial charge on any atom is -0.368 e. The van der Waals surface area contributed by atoms with Crippen molar-refractivity contribution in [2.24, 2.45) is 0 Å². The van der Waals surface area contributed by atoms with Crippen LogP contribution in [0.3, 0.4) is 0 Å². The Morgan fingerprint density at radius 3 is 3.13 bits per heavy atom. The molecule has 4 heteroatoms. The number of anilines is 1. The first-order valence-corrected chi connectivity index (χ1v) is 6.51. The van der Waals surface area contributed by atoms with Crippen molar-refractivity contribution in [3.63, 3.8) is 0 Å². The van der Waals surface area contributed by atoms with Gasteiger partial charge in [-0.15, -0.1) is 11.3 Å². The van der Waals surface area contributed by atoms with Gasteiger partial charge in [-0.05, 0) is 20.3 Å². The van der Waals surface area contributed by atoms with Gasteiger partial charge < -0.3 is 5.32 Å². The van der Waals surface area contributed by atoms with E-state index in [1.54, 1.807) is 11.3 Å². The third-order valence-corrected chi connectivity index (χ3v) is 4.42. The van der Waals surface area contributed by atoms with Gasteiger partial charge in [0.05, 0.1) is 16.7 Å². The van der Waals surface area contributed by atoms with Crippen LogP contribution in [0, 0.1) is 0 Å². The van der Waals surface area contributed by atoms with Gasteiger partial charge in [-0.25, -0.2) is 4.98 Å². The lowest BCUT2D eigenvalue weighted by Gasteiger charge is -2.26. The Bertz CT molecular complexity index is 351. The molecule has 1 saturated heterocycles. The Hall–Kier alpha value is -0.610. The third-order valence-electron chi connectivity index (χ3n) is 3.64. The van der Waals surface area contributed by atoms with Gasteiger partial charge in [0.15, 0.2) is 0 Å². The van der Waals surface area contributed by atoms with Crippen LogP contribution in [0.25, 0.3) is 0 Å². The van der Waals surface area contributed by atoms with Crippen LogP contribution >= 0.6 is 11.3 Å². The van der Waals surface area contributed by atoms with Crippen LogP contribution in [-0.2, 0) is 6.42 Å². The quantitative estimate of drug-likeness (QED) is 0.789. The highest BCUT2D eigenvalue weighted by molar-refractivity contribution is 7.14. The molecule has 0 bridgehead atoms. The number of aromatic nitrogens is 1. The first-order chi connectivity index (χ1) is 7.19. The second-order valence-electron chi connectivity index (χ2n) is 5.02. The topological polar surface area (TPSA) is 28.2 Å². The van der Waals surface area contributed by atoms with Gasteiger partial charge >= 0.3 is 0 Å². The molecule has 2 aliphatic heterocycles. The highest BCUT2D eigenvalue weighted by atomic mass is 32.1. The summed E-state index contributed by atoms with van der Waals surface area (Å²) >= 11 is 1.74. The molecular formula is C11H17N3S. The summed E-state index contributed by atoms with van der Waals surface area (Å²) in [5.41, 5.74) is 3.53. The minimum absolute atomic E-state index is 0.305. The zero-order valence-corrected chi connectivity index (χ0v) is 10.1. The molecular weight excluding hydrogens is 206 g/mol. The number of hydrogen-bond donors (Lipinski definition) is 1. The first-order valence-electron chi connectivity index (χ1n) is 5.63. The van der Waals surface area contributed by atoms with Gasteiger partial charge in [0.1, 0.15) is 5.00 Å². The standard InChI is InChI=1S/C11H17N3S/c1-8(2)14-4-3-11(6-14)5-9-10(13-11)15-7-12-9/h7-8,13H,3-6H2,1-2H3. The number of thiazole rings is 1. The van der Waals surface area contributed by atoms with Crippen molar-refractivity contribution in [1.29, 1.82) is 0 Å². The molecule has 3 heterocycles. The molecule has 0 aromatic carbocycles. The maximum absolute atomic E-state index is 4.42. The zero-order chi connectivity index (χ0) is 10.5. The van der Waals surface area contributed by atoms with Crippen LogP contribution in [0.4, 0.5) is 5.00 Å². The van der Waals surface area contributed by atoms with Crippen molar-refractivity contribution >= 4 is 16.3 Å². The van der Waals surface area contributed by atoms with E-state index in [0.29, 0.717) is 11.6 Å². The molecule has 1 atom stereocenters. The summed E-state index contributed by atoms with van der Waals surface area (Å²) < 4.78 is 0. The first kappa shape index (κ1) is 9.60. The summed E-state index contributed by atoms with van der Waals surface area (Å²) in [5, 5.41) is 5.00. The van der Waals surface area contributed by atoms with E-state index in [9.17, 15) is 0 Å². The number of rotatable bonds is 1. The summed E-state index contributed by atoms with van der Waals surface area (Å²) in [4.78, 5) is 6.98. The van der Waals surface area contributed by atoms with E-state index < -0.39 is 0 Å². The average Bonchev–Trinajstić information content (AvgIpc) is 2.80. The molecule has 1 N–H and O–H groups in total. The average molecular weight is 223 g/mol. The predicted molar refractivity (Wildman–Crippen MR) is 63.5 cm³/mol. The molecule has 0 aliphatic carbocycles. The molecule has 3 rings (SSSR count). The summed E-state index contributed by atoms with van der Waals surface area (Å²) in [6.45, 7) is 6.96. The maximum Gasteiger partial charge on any atom is 0.112 e. The fourth-order valence-corrected chi connectivity index (χ4v) is 3.52. The predicted octanol–water partition coefficient (Wildman–Crippen LogP) is 1.96. The van der Waals surface area contributed by atoms with Crippen LogP contribution in [0.1, 0.15) is 26.0 Å². The largest absolute Gasteiger partial charge is 0.368 e. The van der Waals surface area contributed by atoms with E-state index in [-0.39, 0.29) is 0 Å². The molecule has 1 aromatic rings. The highest BCUT2D eigenvalue weighted by Crippen LogP contribution is 2.40. The van der Waals surface area contributed by atoms with E-state index in [2.05, 4.69) is 29.0 Å². The van der Waals surface area contributed by atoms with Crippen LogP contribution < -0.4 is 5.32 Å². The lowest BCUT2D eigenvalue weighted by molar-refractivity contribution is 0.262. The molecule has 1 unspecified atom stereocenters. The number of fused-ring (bicyclic) bond motifs is 1. The van der Waals surface area contributed by atoms with Crippen molar-refractivity contribution in [3.8, 4) is 0 Å². The monoisotopic (exact) mass is 223 g/mol. The van der Waals surface area contributed by atoms with E-state index in [1.807, 2.05) is 5.51 Å². The molecule has 1 aromatic heterocycles. The minimum atomic E-state index is 0.305. The number of nitrogens with zero attached hydrogens (tertiary/aromatic N) is 2. The molecule has 1 spiro atoms. The van der Waals surface area contributed by atoms with Crippen molar-refractivity contribution in [2.75, 3.05) is 18.4 Å². The Morgan fingerprint density at radius 1 is 1.60 bits per heavy atom. The fourth-order valence-electron chi connectivity index (χ4n) is 2.69. The van der Waals surface area contributed by atoms with Crippen LogP contribution in [-0.4, -0.2) is 34.6 Å². The molecule has 0 amide bonds. The Morgan fingerprint density at radius 2 is 2.47 bits per heavy atom. The van der Waals surface area contributed by atoms with Crippen molar-refractivity contribution in [1.82, 2.24) is 9.88 Å². The second-order valence-corrected chi connectivity index (χ2v) is 5.88. The fraction of sp³-hybridized carbons (Fsp3) is 0.727. The summed E-state index contributed by atoms with van der Waals surface area (Å²) in [5.74, 6) is 0. The molecule has 1 fully saturated rings. The number of hydrogen-bond acceptors (Lipinski definition) is 4. The smallest absolute Gasteiger partial charge is 0.112 e. The van der Waals surface area contributed by atoms with Crippen molar-refractivity contribution in [3.05, 3.63) is 11.2 Å². The van der Waals surface area contributed by atoms with Gasteiger partial charge in [-0.1, -0.05) is 0 Å². The molecule has 0 radical (unpaired) electrons. The van der Waals surface area contributed by atoms with Gasteiger partial charge in [-0.2, -0.15) is 0 Å². The molecule has 0 saturated carbocycles. The molecule has 3 nitrogen and oxygen atoms in total. The SMILES string of the molecule is CC(C)N1CCC2(Cc3ncsc3N2)C1. The summed E-state index contributed by atoms with van der Waals surface area (Å²) in [6, 6.07) is 0.665. The highest BCUT2D eigenvalue weighted by Gasteiger charge is 2.44. The summed E-state index contributed by atoms with van der Waals surface area (Å²) in [7, 11) is 0. The van der Waals surface area contributed by atoms with Gasteiger partial charge in [0.25, 0.3) is 0 Å². The second kappa shape index (κ2) is 3.19. The van der Waals surface area contributed by atoms with Crippen LogP contribution in [0.5, 0.6) is 0 Å². The normalized spacial score (nSPS) is 30.1. The van der Waals surface area contributed by atoms with Gasteiger partial charge in [-0.3, -0.25) is 4.90 Å². The number of nitrogens with one attached hydrogen (secondary N) is 1. The number of likely N-dealkylation sites (tertiary alicyclic amines) is 1. The van der Waals surface area contributed by atoms with Gasteiger partial charge in [0.2, 0.25) is 0 Å². The summed E-state index contributed by atoms with van der Waals surface area (Å²) in [6.07, 6.45) is 2.38. The van der Waals surface area contributed by atoms with E-state index in [1.165, 1.54) is 30.2 Å². The molecule has 82 valence electrons. The van der Waals surface area contributed by atoms with Crippen molar-refractivity contribution < 1.29 is 0 Å². The van der Waals surface area contributed by atoms with E-state index in [0.717, 1.165) is 6.42 Å². The third kappa shape index (κ3) is 1.47. The molecule has 2 aliphatic rings. The Balaban J connectivity index is 1.78. The van der Waals surface area contributed by atoms with Gasteiger partial charge in [0, 0.05) is 25.6 Å². The lowest BCUT2D eigenvalue weighted by atomic mass is 9.96.